The minimum Gasteiger partial charge on any atom is -0.495 e. The predicted octanol–water partition coefficient (Wildman–Crippen LogP) is 2.60. The van der Waals surface area contributed by atoms with Crippen LogP contribution in [0.4, 0.5) is 10.5 Å². The summed E-state index contributed by atoms with van der Waals surface area (Å²) in [7, 11) is 1.51. The van der Waals surface area contributed by atoms with Gasteiger partial charge < -0.3 is 20.5 Å². The number of carbonyl (C=O) groups excluding carboxylic acids is 1. The number of amides is 2. The maximum Gasteiger partial charge on any atom is 0.329 e. The molecule has 0 unspecified atom stereocenters. The Balaban J connectivity index is 2.07. The summed E-state index contributed by atoms with van der Waals surface area (Å²) >= 11 is 0. The number of methoxy groups -OCH3 is 1. The molecule has 114 valence electrons. The number of rotatable bonds is 4. The van der Waals surface area contributed by atoms with E-state index in [9.17, 15) is 14.7 Å². The van der Waals surface area contributed by atoms with Gasteiger partial charge in [-0.05, 0) is 25.0 Å². The fraction of sp³-hybridized carbons (Fsp3) is 0.467. The molecule has 1 saturated carbocycles. The molecule has 2 amide bonds. The SMILES string of the molecule is COc1ccccc1NC(=O)NC1(C(=O)O)CCCCC1. The summed E-state index contributed by atoms with van der Waals surface area (Å²) < 4.78 is 5.15. The monoisotopic (exact) mass is 292 g/mol. The molecule has 1 aliphatic rings. The minimum absolute atomic E-state index is 0.460. The molecule has 2 rings (SSSR count). The molecule has 1 fully saturated rings. The fourth-order valence-corrected chi connectivity index (χ4v) is 2.67. The lowest BCUT2D eigenvalue weighted by molar-refractivity contribution is -0.145. The lowest BCUT2D eigenvalue weighted by Gasteiger charge is -2.33. The summed E-state index contributed by atoms with van der Waals surface area (Å²) in [6.45, 7) is 0. The van der Waals surface area contributed by atoms with Crippen LogP contribution in [0.3, 0.4) is 0 Å². The number of hydrogen-bond acceptors (Lipinski definition) is 3. The second-order valence-electron chi connectivity index (χ2n) is 5.23. The Morgan fingerprint density at radius 1 is 1.19 bits per heavy atom. The number of anilines is 1. The van der Waals surface area contributed by atoms with E-state index in [0.717, 1.165) is 19.3 Å². The van der Waals surface area contributed by atoms with Gasteiger partial charge >= 0.3 is 12.0 Å². The Labute approximate surface area is 123 Å². The van der Waals surface area contributed by atoms with Crippen molar-refractivity contribution in [2.24, 2.45) is 0 Å². The van der Waals surface area contributed by atoms with Crippen molar-refractivity contribution in [3.8, 4) is 5.75 Å². The van der Waals surface area contributed by atoms with Gasteiger partial charge in [0.25, 0.3) is 0 Å². The number of carboxylic acid groups (broad SMARTS) is 1. The Morgan fingerprint density at radius 3 is 2.48 bits per heavy atom. The van der Waals surface area contributed by atoms with Crippen LogP contribution in [0.15, 0.2) is 24.3 Å². The molecule has 0 aliphatic heterocycles. The predicted molar refractivity (Wildman–Crippen MR) is 78.6 cm³/mol. The topological polar surface area (TPSA) is 87.7 Å². The highest BCUT2D eigenvalue weighted by Gasteiger charge is 2.41. The highest BCUT2D eigenvalue weighted by molar-refractivity contribution is 5.95. The second-order valence-corrected chi connectivity index (χ2v) is 5.23. The molecule has 0 heterocycles. The van der Waals surface area contributed by atoms with Gasteiger partial charge in [-0.2, -0.15) is 0 Å². The lowest BCUT2D eigenvalue weighted by atomic mass is 9.82. The van der Waals surface area contributed by atoms with E-state index in [0.29, 0.717) is 24.3 Å². The summed E-state index contributed by atoms with van der Waals surface area (Å²) in [5.74, 6) is -0.446. The van der Waals surface area contributed by atoms with Gasteiger partial charge in [0.2, 0.25) is 0 Å². The molecule has 0 saturated heterocycles. The maximum atomic E-state index is 12.1. The van der Waals surface area contributed by atoms with Crippen molar-refractivity contribution in [3.05, 3.63) is 24.3 Å². The van der Waals surface area contributed by atoms with Crippen LogP contribution in [0, 0.1) is 0 Å². The highest BCUT2D eigenvalue weighted by Crippen LogP contribution is 2.29. The first kappa shape index (κ1) is 15.2. The van der Waals surface area contributed by atoms with Gasteiger partial charge in [0.15, 0.2) is 0 Å². The van der Waals surface area contributed by atoms with E-state index >= 15 is 0 Å². The van der Waals surface area contributed by atoms with Crippen LogP contribution in [-0.4, -0.2) is 29.8 Å². The van der Waals surface area contributed by atoms with E-state index in [1.54, 1.807) is 24.3 Å². The second kappa shape index (κ2) is 6.47. The van der Waals surface area contributed by atoms with E-state index in [1.807, 2.05) is 0 Å². The zero-order chi connectivity index (χ0) is 15.3. The number of ether oxygens (including phenoxy) is 1. The van der Waals surface area contributed by atoms with Gasteiger partial charge in [0.1, 0.15) is 11.3 Å². The molecule has 3 N–H and O–H groups in total. The molecule has 0 bridgehead atoms. The molecule has 21 heavy (non-hydrogen) atoms. The minimum atomic E-state index is -1.16. The summed E-state index contributed by atoms with van der Waals surface area (Å²) in [5, 5.41) is 14.7. The Kier molecular flexibility index (Phi) is 4.67. The zero-order valence-corrected chi connectivity index (χ0v) is 12.0. The maximum absolute atomic E-state index is 12.1. The molecular formula is C15H20N2O4. The first-order valence-corrected chi connectivity index (χ1v) is 7.03. The van der Waals surface area contributed by atoms with Crippen molar-refractivity contribution in [1.82, 2.24) is 5.32 Å². The van der Waals surface area contributed by atoms with Crippen LogP contribution in [0.5, 0.6) is 5.75 Å². The van der Waals surface area contributed by atoms with Crippen LogP contribution in [-0.2, 0) is 4.79 Å². The largest absolute Gasteiger partial charge is 0.495 e. The third-order valence-corrected chi connectivity index (χ3v) is 3.82. The first-order chi connectivity index (χ1) is 10.1. The standard InChI is InChI=1S/C15H20N2O4/c1-21-12-8-4-3-7-11(12)16-14(20)17-15(13(18)19)9-5-2-6-10-15/h3-4,7-8H,2,5-6,9-10H2,1H3,(H,18,19)(H2,16,17,20). The average Bonchev–Trinajstić information content (AvgIpc) is 2.48. The fourth-order valence-electron chi connectivity index (χ4n) is 2.67. The summed E-state index contributed by atoms with van der Waals surface area (Å²) in [5.41, 5.74) is -0.654. The molecule has 0 radical (unpaired) electrons. The molecule has 1 aromatic carbocycles. The van der Waals surface area contributed by atoms with Crippen LogP contribution in [0.2, 0.25) is 0 Å². The van der Waals surface area contributed by atoms with Gasteiger partial charge in [0, 0.05) is 0 Å². The van der Waals surface area contributed by atoms with Crippen molar-refractivity contribution >= 4 is 17.7 Å². The van der Waals surface area contributed by atoms with E-state index in [-0.39, 0.29) is 0 Å². The molecule has 0 atom stereocenters. The number of benzene rings is 1. The smallest absolute Gasteiger partial charge is 0.329 e. The van der Waals surface area contributed by atoms with Crippen LogP contribution < -0.4 is 15.4 Å². The Hall–Kier alpha value is -2.24. The number of carboxylic acids is 1. The third kappa shape index (κ3) is 3.45. The zero-order valence-electron chi connectivity index (χ0n) is 12.0. The van der Waals surface area contributed by atoms with Gasteiger partial charge in [-0.25, -0.2) is 9.59 Å². The molecule has 0 spiro atoms. The van der Waals surface area contributed by atoms with E-state index in [4.69, 9.17) is 4.74 Å². The van der Waals surface area contributed by atoms with E-state index in [2.05, 4.69) is 10.6 Å². The quantitative estimate of drug-likeness (QED) is 0.796. The van der Waals surface area contributed by atoms with Gasteiger partial charge in [-0.3, -0.25) is 0 Å². The van der Waals surface area contributed by atoms with E-state index in [1.165, 1.54) is 7.11 Å². The molecular weight excluding hydrogens is 272 g/mol. The number of nitrogens with one attached hydrogen (secondary N) is 2. The van der Waals surface area contributed by atoms with Crippen molar-refractivity contribution < 1.29 is 19.4 Å². The van der Waals surface area contributed by atoms with Crippen molar-refractivity contribution in [3.63, 3.8) is 0 Å². The van der Waals surface area contributed by atoms with Crippen molar-refractivity contribution in [1.29, 1.82) is 0 Å². The van der Waals surface area contributed by atoms with Gasteiger partial charge in [0.05, 0.1) is 12.8 Å². The number of aliphatic carboxylic acids is 1. The highest BCUT2D eigenvalue weighted by atomic mass is 16.5. The molecule has 6 heteroatoms. The van der Waals surface area contributed by atoms with Crippen LogP contribution in [0.1, 0.15) is 32.1 Å². The normalized spacial score (nSPS) is 16.8. The molecule has 0 aromatic heterocycles. The van der Waals surface area contributed by atoms with Crippen molar-refractivity contribution in [2.45, 2.75) is 37.6 Å². The Morgan fingerprint density at radius 2 is 1.86 bits per heavy atom. The van der Waals surface area contributed by atoms with Gasteiger partial charge in [-0.15, -0.1) is 0 Å². The van der Waals surface area contributed by atoms with Crippen LogP contribution >= 0.6 is 0 Å². The Bertz CT molecular complexity index is 524. The number of urea groups is 1. The number of carbonyl (C=O) groups is 2. The van der Waals surface area contributed by atoms with E-state index < -0.39 is 17.5 Å². The van der Waals surface area contributed by atoms with Gasteiger partial charge in [-0.1, -0.05) is 31.4 Å². The molecule has 6 nitrogen and oxygen atoms in total. The summed E-state index contributed by atoms with van der Waals surface area (Å²) in [6, 6.07) is 6.47. The molecule has 1 aromatic rings. The summed E-state index contributed by atoms with van der Waals surface area (Å²) in [4.78, 5) is 23.6. The first-order valence-electron chi connectivity index (χ1n) is 7.03. The average molecular weight is 292 g/mol. The number of para-hydroxylation sites is 2. The third-order valence-electron chi connectivity index (χ3n) is 3.82. The molecule has 1 aliphatic carbocycles. The summed E-state index contributed by atoms with van der Waals surface area (Å²) in [6.07, 6.45) is 3.54. The van der Waals surface area contributed by atoms with Crippen LogP contribution in [0.25, 0.3) is 0 Å². The number of hydrogen-bond donors (Lipinski definition) is 3. The lowest BCUT2D eigenvalue weighted by Crippen LogP contribution is -2.56. The van der Waals surface area contributed by atoms with Crippen molar-refractivity contribution in [2.75, 3.05) is 12.4 Å².